The van der Waals surface area contributed by atoms with Gasteiger partial charge in [0, 0.05) is 24.3 Å². The van der Waals surface area contributed by atoms with E-state index in [1.165, 1.54) is 0 Å². The van der Waals surface area contributed by atoms with Gasteiger partial charge in [0.05, 0.1) is 19.1 Å². The number of hydrogen-bond acceptors (Lipinski definition) is 6. The predicted molar refractivity (Wildman–Crippen MR) is 118 cm³/mol. The number of rotatable bonds is 3. The Labute approximate surface area is 186 Å². The van der Waals surface area contributed by atoms with Gasteiger partial charge in [-0.3, -0.25) is 19.8 Å². The molecule has 4 heterocycles. The zero-order valence-corrected chi connectivity index (χ0v) is 17.7. The van der Waals surface area contributed by atoms with Gasteiger partial charge in [-0.05, 0) is 30.5 Å². The van der Waals surface area contributed by atoms with Gasteiger partial charge >= 0.3 is 0 Å². The lowest BCUT2D eigenvalue weighted by Crippen LogP contribution is -2.56. The highest BCUT2D eigenvalue weighted by molar-refractivity contribution is 6.00. The molecule has 1 spiro atoms. The number of piperidine rings is 1. The molecule has 3 N–H and O–H groups in total. The maximum Gasteiger partial charge on any atom is 0.241 e. The fraction of sp³-hybridized carbons (Fsp3) is 0.417. The van der Waals surface area contributed by atoms with Crippen LogP contribution in [-0.2, 0) is 16.0 Å². The molecular formula is C24H26N4O4. The van der Waals surface area contributed by atoms with Gasteiger partial charge < -0.3 is 20.1 Å². The summed E-state index contributed by atoms with van der Waals surface area (Å²) in [7, 11) is 0. The van der Waals surface area contributed by atoms with Crippen molar-refractivity contribution in [2.24, 2.45) is 0 Å². The van der Waals surface area contributed by atoms with Crippen molar-refractivity contribution in [1.29, 1.82) is 0 Å². The number of nitrogens with zero attached hydrogens (tertiary/aromatic N) is 1. The van der Waals surface area contributed by atoms with E-state index in [0.717, 1.165) is 42.7 Å². The Bertz CT molecular complexity index is 1070. The summed E-state index contributed by atoms with van der Waals surface area (Å²) in [6.45, 7) is 2.52. The van der Waals surface area contributed by atoms with Crippen LogP contribution in [0.15, 0.2) is 42.5 Å². The number of anilines is 1. The highest BCUT2D eigenvalue weighted by atomic mass is 16.6. The molecule has 2 atom stereocenters. The Hall–Kier alpha value is -3.10. The Morgan fingerprint density at radius 1 is 1.06 bits per heavy atom. The molecule has 4 aliphatic heterocycles. The number of carbonyl (C=O) groups excluding carboxylic acids is 2. The zero-order chi connectivity index (χ0) is 21.7. The summed E-state index contributed by atoms with van der Waals surface area (Å²) in [6, 6.07) is 14.0. The van der Waals surface area contributed by atoms with Gasteiger partial charge in [-0.1, -0.05) is 30.3 Å². The van der Waals surface area contributed by atoms with Crippen LogP contribution < -0.4 is 25.4 Å². The van der Waals surface area contributed by atoms with Gasteiger partial charge in [0.1, 0.15) is 12.1 Å². The highest BCUT2D eigenvalue weighted by Gasteiger charge is 2.47. The minimum absolute atomic E-state index is 0.0212. The monoisotopic (exact) mass is 434 g/mol. The van der Waals surface area contributed by atoms with Crippen molar-refractivity contribution in [3.05, 3.63) is 53.6 Å². The molecule has 0 aliphatic carbocycles. The zero-order valence-electron chi connectivity index (χ0n) is 17.7. The van der Waals surface area contributed by atoms with Crippen molar-refractivity contribution >= 4 is 17.5 Å². The molecule has 2 saturated heterocycles. The minimum atomic E-state index is -0.457. The number of carbonyl (C=O) groups is 2. The first-order valence-electron chi connectivity index (χ1n) is 11.2. The first-order chi connectivity index (χ1) is 15.6. The van der Waals surface area contributed by atoms with Crippen molar-refractivity contribution in [3.8, 4) is 11.5 Å². The molecule has 8 heteroatoms. The van der Waals surface area contributed by atoms with Crippen LogP contribution in [0.1, 0.15) is 30.0 Å². The molecule has 4 aliphatic rings. The second-order valence-corrected chi connectivity index (χ2v) is 8.94. The number of likely N-dealkylation sites (tertiary alicyclic amines) is 1. The largest absolute Gasteiger partial charge is 0.486 e. The molecule has 32 heavy (non-hydrogen) atoms. The first-order valence-corrected chi connectivity index (χ1v) is 11.2. The lowest BCUT2D eigenvalue weighted by atomic mass is 9.85. The molecular weight excluding hydrogens is 408 g/mol. The molecule has 2 amide bonds. The molecule has 2 fully saturated rings. The molecule has 2 unspecified atom stereocenters. The molecule has 8 nitrogen and oxygen atoms in total. The van der Waals surface area contributed by atoms with E-state index in [4.69, 9.17) is 9.47 Å². The Morgan fingerprint density at radius 3 is 2.62 bits per heavy atom. The van der Waals surface area contributed by atoms with Crippen LogP contribution in [0.4, 0.5) is 5.69 Å². The Morgan fingerprint density at radius 2 is 1.88 bits per heavy atom. The fourth-order valence-corrected chi connectivity index (χ4v) is 5.45. The molecule has 0 radical (unpaired) electrons. The molecule has 166 valence electrons. The number of nitrogens with one attached hydrogen (secondary N) is 3. The molecule has 0 bridgehead atoms. The molecule has 2 aromatic carbocycles. The van der Waals surface area contributed by atoms with E-state index in [-0.39, 0.29) is 24.0 Å². The first kappa shape index (κ1) is 19.6. The van der Waals surface area contributed by atoms with Crippen molar-refractivity contribution in [1.82, 2.24) is 15.5 Å². The number of ether oxygens (including phenoxy) is 2. The summed E-state index contributed by atoms with van der Waals surface area (Å²) in [5.74, 6) is 1.44. The summed E-state index contributed by atoms with van der Waals surface area (Å²) in [6.07, 6.45) is 1.57. The SMILES string of the molecule is O=C1Cc2c(ccc3c2OC(C(c2ccccc2)N2CCC4(CC2)NCNC4=O)CO3)N1. The van der Waals surface area contributed by atoms with E-state index in [9.17, 15) is 9.59 Å². The number of amides is 2. The number of hydrogen-bond donors (Lipinski definition) is 3. The van der Waals surface area contributed by atoms with Crippen LogP contribution in [0.5, 0.6) is 11.5 Å². The summed E-state index contributed by atoms with van der Waals surface area (Å²) in [5.41, 5.74) is 2.37. The summed E-state index contributed by atoms with van der Waals surface area (Å²) in [5, 5.41) is 9.16. The average molecular weight is 434 g/mol. The number of benzene rings is 2. The maximum atomic E-state index is 12.4. The van der Waals surface area contributed by atoms with Gasteiger partial charge in [0.15, 0.2) is 17.6 Å². The second-order valence-electron chi connectivity index (χ2n) is 8.94. The van der Waals surface area contributed by atoms with E-state index in [1.54, 1.807) is 0 Å². The van der Waals surface area contributed by atoms with Crippen molar-refractivity contribution in [3.63, 3.8) is 0 Å². The average Bonchev–Trinajstić information content (AvgIpc) is 3.38. The molecule has 6 rings (SSSR count). The number of fused-ring (bicyclic) bond motifs is 3. The van der Waals surface area contributed by atoms with Crippen LogP contribution in [0.3, 0.4) is 0 Å². The van der Waals surface area contributed by atoms with E-state index in [1.807, 2.05) is 30.3 Å². The van der Waals surface area contributed by atoms with Gasteiger partial charge in [0.25, 0.3) is 0 Å². The summed E-state index contributed by atoms with van der Waals surface area (Å²) >= 11 is 0. The van der Waals surface area contributed by atoms with Gasteiger partial charge in [-0.2, -0.15) is 0 Å². The molecule has 0 aromatic heterocycles. The van der Waals surface area contributed by atoms with Gasteiger partial charge in [-0.15, -0.1) is 0 Å². The Balaban J connectivity index is 1.30. The fourth-order valence-electron chi connectivity index (χ4n) is 5.45. The third kappa shape index (κ3) is 3.13. The van der Waals surface area contributed by atoms with Gasteiger partial charge in [0.2, 0.25) is 11.8 Å². The third-order valence-electron chi connectivity index (χ3n) is 7.16. The van der Waals surface area contributed by atoms with Crippen LogP contribution in [0.25, 0.3) is 0 Å². The lowest BCUT2D eigenvalue weighted by molar-refractivity contribution is -0.126. The Kier molecular flexibility index (Phi) is 4.58. The van der Waals surface area contributed by atoms with Crippen molar-refractivity contribution in [2.45, 2.75) is 36.9 Å². The van der Waals surface area contributed by atoms with Crippen LogP contribution in [0.2, 0.25) is 0 Å². The van der Waals surface area contributed by atoms with E-state index < -0.39 is 5.54 Å². The van der Waals surface area contributed by atoms with Crippen molar-refractivity contribution < 1.29 is 19.1 Å². The van der Waals surface area contributed by atoms with E-state index in [0.29, 0.717) is 31.2 Å². The topological polar surface area (TPSA) is 91.9 Å². The van der Waals surface area contributed by atoms with Crippen LogP contribution in [-0.4, -0.2) is 54.7 Å². The predicted octanol–water partition coefficient (Wildman–Crippen LogP) is 1.57. The standard InChI is InChI=1S/C24H26N4O4/c29-20-12-16-17(27-20)6-7-18-22(16)32-19(13-31-18)21(15-4-2-1-3-5-15)28-10-8-24(9-11-28)23(30)25-14-26-24/h1-7,19,21,26H,8-14H2,(H,25,30)(H,27,29). The summed E-state index contributed by atoms with van der Waals surface area (Å²) < 4.78 is 12.7. The smallest absolute Gasteiger partial charge is 0.241 e. The van der Waals surface area contributed by atoms with E-state index in [2.05, 4.69) is 33.0 Å². The quantitative estimate of drug-likeness (QED) is 0.679. The highest BCUT2D eigenvalue weighted by Crippen LogP contribution is 2.44. The molecule has 0 saturated carbocycles. The van der Waals surface area contributed by atoms with Crippen LogP contribution >= 0.6 is 0 Å². The second kappa shape index (κ2) is 7.50. The summed E-state index contributed by atoms with van der Waals surface area (Å²) in [4.78, 5) is 26.8. The minimum Gasteiger partial charge on any atom is -0.486 e. The normalized spacial score (nSPS) is 24.7. The van der Waals surface area contributed by atoms with Crippen LogP contribution in [0, 0.1) is 0 Å². The van der Waals surface area contributed by atoms with Crippen molar-refractivity contribution in [2.75, 3.05) is 31.7 Å². The third-order valence-corrected chi connectivity index (χ3v) is 7.16. The lowest BCUT2D eigenvalue weighted by Gasteiger charge is -2.44. The van der Waals surface area contributed by atoms with E-state index >= 15 is 0 Å². The maximum absolute atomic E-state index is 12.4. The van der Waals surface area contributed by atoms with Gasteiger partial charge in [-0.25, -0.2) is 0 Å². The molecule has 2 aromatic rings.